The van der Waals surface area contributed by atoms with E-state index < -0.39 is 0 Å². The number of nitrogens with one attached hydrogen (secondary N) is 1. The van der Waals surface area contributed by atoms with Crippen molar-refractivity contribution in [3.8, 4) is 0 Å². The predicted molar refractivity (Wildman–Crippen MR) is 71.7 cm³/mol. The van der Waals surface area contributed by atoms with Crippen molar-refractivity contribution in [2.24, 2.45) is 0 Å². The summed E-state index contributed by atoms with van der Waals surface area (Å²) < 4.78 is 0. The standard InChI is InChI=1S/C15H17NO/c1-11(2)5-8-13(4)16-15(17)14-9-6-12(3)7-10-14/h5-10H,1,4H2,2-3H3,(H,16,17)/b8-5-. The average molecular weight is 227 g/mol. The van der Waals surface area contributed by atoms with Gasteiger partial charge in [-0.15, -0.1) is 0 Å². The number of aryl methyl sites for hydroxylation is 1. The summed E-state index contributed by atoms with van der Waals surface area (Å²) in [7, 11) is 0. The second kappa shape index (κ2) is 5.85. The molecule has 0 aromatic heterocycles. The molecule has 0 radical (unpaired) electrons. The molecule has 0 heterocycles. The summed E-state index contributed by atoms with van der Waals surface area (Å²) in [6, 6.07) is 7.39. The fraction of sp³-hybridized carbons (Fsp3) is 0.133. The zero-order chi connectivity index (χ0) is 12.8. The van der Waals surface area contributed by atoms with Gasteiger partial charge in [0.15, 0.2) is 0 Å². The maximum absolute atomic E-state index is 11.8. The van der Waals surface area contributed by atoms with Crippen molar-refractivity contribution in [2.45, 2.75) is 13.8 Å². The molecular formula is C15H17NO. The summed E-state index contributed by atoms with van der Waals surface area (Å²) in [5.74, 6) is -0.152. The third-order valence-electron chi connectivity index (χ3n) is 2.16. The molecule has 1 rings (SSSR count). The Balaban J connectivity index is 2.63. The van der Waals surface area contributed by atoms with Gasteiger partial charge in [-0.05, 0) is 32.1 Å². The third kappa shape index (κ3) is 4.51. The van der Waals surface area contributed by atoms with Crippen molar-refractivity contribution in [1.82, 2.24) is 5.32 Å². The molecule has 0 aliphatic rings. The maximum Gasteiger partial charge on any atom is 0.255 e. The summed E-state index contributed by atoms with van der Waals surface area (Å²) in [6.07, 6.45) is 3.53. The van der Waals surface area contributed by atoms with Crippen molar-refractivity contribution >= 4 is 5.91 Å². The molecule has 0 fully saturated rings. The molecule has 0 spiro atoms. The highest BCUT2D eigenvalue weighted by Gasteiger charge is 2.04. The molecular weight excluding hydrogens is 210 g/mol. The van der Waals surface area contributed by atoms with Crippen molar-refractivity contribution in [3.63, 3.8) is 0 Å². The zero-order valence-corrected chi connectivity index (χ0v) is 10.3. The van der Waals surface area contributed by atoms with Gasteiger partial charge in [0, 0.05) is 11.3 Å². The quantitative estimate of drug-likeness (QED) is 0.785. The van der Waals surface area contributed by atoms with E-state index in [1.165, 1.54) is 0 Å². The number of hydrogen-bond donors (Lipinski definition) is 1. The van der Waals surface area contributed by atoms with E-state index in [0.29, 0.717) is 11.3 Å². The van der Waals surface area contributed by atoms with E-state index in [0.717, 1.165) is 11.1 Å². The summed E-state index contributed by atoms with van der Waals surface area (Å²) in [4.78, 5) is 11.8. The molecule has 0 atom stereocenters. The van der Waals surface area contributed by atoms with Gasteiger partial charge >= 0.3 is 0 Å². The Hall–Kier alpha value is -2.09. The van der Waals surface area contributed by atoms with E-state index in [1.54, 1.807) is 24.3 Å². The second-order valence-electron chi connectivity index (χ2n) is 4.03. The molecule has 17 heavy (non-hydrogen) atoms. The van der Waals surface area contributed by atoms with Crippen molar-refractivity contribution < 1.29 is 4.79 Å². The second-order valence-corrected chi connectivity index (χ2v) is 4.03. The monoisotopic (exact) mass is 227 g/mol. The van der Waals surface area contributed by atoms with Crippen LogP contribution in [0.25, 0.3) is 0 Å². The molecule has 0 aliphatic carbocycles. The molecule has 2 heteroatoms. The van der Waals surface area contributed by atoms with Crippen LogP contribution >= 0.6 is 0 Å². The molecule has 1 aromatic carbocycles. The first kappa shape index (κ1) is 13.0. The number of allylic oxidation sites excluding steroid dienone is 3. The minimum Gasteiger partial charge on any atom is -0.323 e. The molecule has 0 saturated heterocycles. The van der Waals surface area contributed by atoms with Crippen LogP contribution in [0.15, 0.2) is 60.8 Å². The Kier molecular flexibility index (Phi) is 4.46. The molecule has 0 unspecified atom stereocenters. The van der Waals surface area contributed by atoms with Crippen LogP contribution in [0.1, 0.15) is 22.8 Å². The summed E-state index contributed by atoms with van der Waals surface area (Å²) in [5.41, 5.74) is 3.22. The molecule has 0 bridgehead atoms. The summed E-state index contributed by atoms with van der Waals surface area (Å²) >= 11 is 0. The van der Waals surface area contributed by atoms with E-state index in [2.05, 4.69) is 18.5 Å². The molecule has 2 nitrogen and oxygen atoms in total. The third-order valence-corrected chi connectivity index (χ3v) is 2.16. The Bertz CT molecular complexity index is 466. The van der Waals surface area contributed by atoms with Crippen molar-refractivity contribution in [2.75, 3.05) is 0 Å². The molecule has 1 N–H and O–H groups in total. The lowest BCUT2D eigenvalue weighted by Gasteiger charge is -2.04. The van der Waals surface area contributed by atoms with Gasteiger partial charge in [0.2, 0.25) is 0 Å². The Morgan fingerprint density at radius 2 is 1.76 bits per heavy atom. The van der Waals surface area contributed by atoms with Gasteiger partial charge in [-0.3, -0.25) is 4.79 Å². The number of amides is 1. The van der Waals surface area contributed by atoms with Crippen molar-refractivity contribution in [1.29, 1.82) is 0 Å². The SMILES string of the molecule is C=C(C)/C=C\C(=C)NC(=O)c1ccc(C)cc1. The fourth-order valence-electron chi connectivity index (χ4n) is 1.21. The average Bonchev–Trinajstić information content (AvgIpc) is 2.27. The van der Waals surface area contributed by atoms with Gasteiger partial charge in [-0.2, -0.15) is 0 Å². The predicted octanol–water partition coefficient (Wildman–Crippen LogP) is 3.37. The Morgan fingerprint density at radius 1 is 1.18 bits per heavy atom. The van der Waals surface area contributed by atoms with Gasteiger partial charge in [0.05, 0.1) is 0 Å². The molecule has 1 aromatic rings. The minimum atomic E-state index is -0.152. The van der Waals surface area contributed by atoms with E-state index in [4.69, 9.17) is 0 Å². The van der Waals surface area contributed by atoms with Gasteiger partial charge < -0.3 is 5.32 Å². The highest BCUT2D eigenvalue weighted by molar-refractivity contribution is 5.95. The van der Waals surface area contributed by atoms with Crippen LogP contribution in [0.4, 0.5) is 0 Å². The Morgan fingerprint density at radius 3 is 2.29 bits per heavy atom. The largest absolute Gasteiger partial charge is 0.323 e. The van der Waals surface area contributed by atoms with E-state index in [-0.39, 0.29) is 5.91 Å². The number of carbonyl (C=O) groups is 1. The summed E-state index contributed by atoms with van der Waals surface area (Å²) in [5, 5.41) is 2.71. The lowest BCUT2D eigenvalue weighted by molar-refractivity contribution is 0.0967. The van der Waals surface area contributed by atoms with Crippen molar-refractivity contribution in [3.05, 3.63) is 72.0 Å². The fourth-order valence-corrected chi connectivity index (χ4v) is 1.21. The van der Waals surface area contributed by atoms with E-state index in [1.807, 2.05) is 26.0 Å². The van der Waals surface area contributed by atoms with Crippen LogP contribution in [0, 0.1) is 6.92 Å². The van der Waals surface area contributed by atoms with E-state index >= 15 is 0 Å². The van der Waals surface area contributed by atoms with Gasteiger partial charge in [0.1, 0.15) is 0 Å². The molecule has 0 aliphatic heterocycles. The first-order chi connectivity index (χ1) is 7.99. The number of hydrogen-bond acceptors (Lipinski definition) is 1. The van der Waals surface area contributed by atoms with Gasteiger partial charge in [0.25, 0.3) is 5.91 Å². The zero-order valence-electron chi connectivity index (χ0n) is 10.3. The molecule has 0 saturated carbocycles. The first-order valence-corrected chi connectivity index (χ1v) is 5.39. The highest BCUT2D eigenvalue weighted by Crippen LogP contribution is 2.04. The van der Waals surface area contributed by atoms with Crippen LogP contribution in [-0.2, 0) is 0 Å². The smallest absolute Gasteiger partial charge is 0.255 e. The van der Waals surface area contributed by atoms with Gasteiger partial charge in [-0.1, -0.05) is 42.5 Å². The van der Waals surface area contributed by atoms with Gasteiger partial charge in [-0.25, -0.2) is 0 Å². The molecule has 88 valence electrons. The van der Waals surface area contributed by atoms with Crippen LogP contribution in [-0.4, -0.2) is 5.91 Å². The number of benzene rings is 1. The lowest BCUT2D eigenvalue weighted by Crippen LogP contribution is -2.21. The normalized spacial score (nSPS) is 10.2. The number of carbonyl (C=O) groups excluding carboxylic acids is 1. The highest BCUT2D eigenvalue weighted by atomic mass is 16.1. The summed E-state index contributed by atoms with van der Waals surface area (Å²) in [6.45, 7) is 11.3. The maximum atomic E-state index is 11.8. The van der Waals surface area contributed by atoms with E-state index in [9.17, 15) is 4.79 Å². The van der Waals surface area contributed by atoms with Crippen LogP contribution < -0.4 is 5.32 Å². The molecule has 1 amide bonds. The topological polar surface area (TPSA) is 29.1 Å². The van der Waals surface area contributed by atoms with Crippen LogP contribution in [0.2, 0.25) is 0 Å². The number of rotatable bonds is 4. The van der Waals surface area contributed by atoms with Crippen LogP contribution in [0.5, 0.6) is 0 Å². The van der Waals surface area contributed by atoms with Crippen LogP contribution in [0.3, 0.4) is 0 Å². The Labute approximate surface area is 102 Å². The lowest BCUT2D eigenvalue weighted by atomic mass is 10.1. The first-order valence-electron chi connectivity index (χ1n) is 5.39. The minimum absolute atomic E-state index is 0.152.